The fourth-order valence-electron chi connectivity index (χ4n) is 3.83. The second-order valence-electron chi connectivity index (χ2n) is 7.58. The van der Waals surface area contributed by atoms with E-state index in [0.717, 1.165) is 45.3 Å². The van der Waals surface area contributed by atoms with E-state index in [0.29, 0.717) is 13.1 Å². The third-order valence-corrected chi connectivity index (χ3v) is 6.62. The van der Waals surface area contributed by atoms with Gasteiger partial charge in [-0.05, 0) is 25.0 Å². The van der Waals surface area contributed by atoms with Crippen LogP contribution in [-0.2, 0) is 19.4 Å². The van der Waals surface area contributed by atoms with E-state index in [4.69, 9.17) is 10.1 Å². The van der Waals surface area contributed by atoms with Gasteiger partial charge in [-0.2, -0.15) is 4.98 Å². The molecule has 2 aromatic heterocycles. The van der Waals surface area contributed by atoms with Gasteiger partial charge in [-0.1, -0.05) is 66.3 Å². The normalized spacial score (nSPS) is 13.5. The lowest BCUT2D eigenvalue weighted by Crippen LogP contribution is -2.38. The number of benzene rings is 2. The Kier molecular flexibility index (Phi) is 4.75. The summed E-state index contributed by atoms with van der Waals surface area (Å²) in [6.07, 6.45) is 1.66. The molecule has 0 saturated heterocycles. The quantitative estimate of drug-likeness (QED) is 0.515. The Bertz CT molecular complexity index is 1220. The van der Waals surface area contributed by atoms with Crippen molar-refractivity contribution < 1.29 is 4.79 Å². The molecule has 2 amide bonds. The topological polar surface area (TPSA) is 62.5 Å². The van der Waals surface area contributed by atoms with Crippen molar-refractivity contribution in [2.45, 2.75) is 33.2 Å². The zero-order valence-corrected chi connectivity index (χ0v) is 17.9. The van der Waals surface area contributed by atoms with Crippen molar-refractivity contribution in [2.24, 2.45) is 0 Å². The van der Waals surface area contributed by atoms with Crippen molar-refractivity contribution in [3.05, 3.63) is 70.2 Å². The van der Waals surface area contributed by atoms with Crippen LogP contribution in [0.5, 0.6) is 0 Å². The number of hydrogen-bond donors (Lipinski definition) is 1. The van der Waals surface area contributed by atoms with Crippen molar-refractivity contribution in [3.63, 3.8) is 0 Å². The van der Waals surface area contributed by atoms with Crippen LogP contribution < -0.4 is 5.32 Å². The molecule has 0 aliphatic carbocycles. The molecule has 7 heteroatoms. The number of anilines is 1. The molecule has 1 N–H and O–H groups in total. The van der Waals surface area contributed by atoms with E-state index in [1.54, 1.807) is 11.3 Å². The minimum atomic E-state index is -0.0547. The summed E-state index contributed by atoms with van der Waals surface area (Å²) in [5, 5.41) is 7.82. The summed E-state index contributed by atoms with van der Waals surface area (Å²) in [6.45, 7) is 5.42. The highest BCUT2D eigenvalue weighted by Crippen LogP contribution is 2.30. The number of amides is 2. The van der Waals surface area contributed by atoms with Crippen LogP contribution in [0.15, 0.2) is 48.5 Å². The molecule has 0 bridgehead atoms. The predicted octanol–water partition coefficient (Wildman–Crippen LogP) is 4.92. The maximum absolute atomic E-state index is 12.8. The third-order valence-electron chi connectivity index (χ3n) is 5.56. The molecule has 4 aromatic rings. The Labute approximate surface area is 179 Å². The molecule has 0 saturated carbocycles. The van der Waals surface area contributed by atoms with Gasteiger partial charge in [-0.3, -0.25) is 0 Å². The minimum Gasteiger partial charge on any atom is -0.319 e. The first-order valence-electron chi connectivity index (χ1n) is 10.2. The number of para-hydroxylation sites is 1. The largest absolute Gasteiger partial charge is 0.322 e. The average molecular weight is 418 g/mol. The molecular weight excluding hydrogens is 394 g/mol. The van der Waals surface area contributed by atoms with Gasteiger partial charge < -0.3 is 10.2 Å². The predicted molar refractivity (Wildman–Crippen MR) is 120 cm³/mol. The van der Waals surface area contributed by atoms with Gasteiger partial charge in [0.1, 0.15) is 0 Å². The van der Waals surface area contributed by atoms with Crippen LogP contribution in [0.1, 0.15) is 28.6 Å². The second-order valence-corrected chi connectivity index (χ2v) is 8.64. The summed E-state index contributed by atoms with van der Waals surface area (Å²) in [4.78, 5) is 21.5. The second kappa shape index (κ2) is 7.57. The summed E-state index contributed by atoms with van der Waals surface area (Å²) in [7, 11) is 0. The van der Waals surface area contributed by atoms with Gasteiger partial charge in [-0.25, -0.2) is 9.31 Å². The van der Waals surface area contributed by atoms with E-state index in [1.165, 1.54) is 11.3 Å². The van der Waals surface area contributed by atoms with Gasteiger partial charge >= 0.3 is 6.03 Å². The van der Waals surface area contributed by atoms with E-state index in [1.807, 2.05) is 27.6 Å². The van der Waals surface area contributed by atoms with Crippen LogP contribution >= 0.6 is 11.3 Å². The number of thiazole rings is 1. The van der Waals surface area contributed by atoms with Crippen molar-refractivity contribution in [2.75, 3.05) is 11.9 Å². The van der Waals surface area contributed by atoms with Crippen LogP contribution in [0.3, 0.4) is 0 Å². The van der Waals surface area contributed by atoms with Crippen LogP contribution in [0.25, 0.3) is 16.3 Å². The van der Waals surface area contributed by atoms with Crippen molar-refractivity contribution >= 4 is 28.0 Å². The Morgan fingerprint density at radius 1 is 1.17 bits per heavy atom. The van der Waals surface area contributed by atoms with Crippen molar-refractivity contribution in [3.8, 4) is 11.4 Å². The first-order valence-corrected chi connectivity index (χ1v) is 11.0. The summed E-state index contributed by atoms with van der Waals surface area (Å²) in [6, 6.07) is 16.2. The Balaban J connectivity index is 1.36. The van der Waals surface area contributed by atoms with Gasteiger partial charge in [0.05, 0.1) is 12.2 Å². The molecule has 6 nitrogen and oxygen atoms in total. The summed E-state index contributed by atoms with van der Waals surface area (Å²) >= 11 is 1.62. The number of urea groups is 1. The zero-order chi connectivity index (χ0) is 20.7. The molecule has 0 spiro atoms. The maximum Gasteiger partial charge on any atom is 0.322 e. The van der Waals surface area contributed by atoms with Gasteiger partial charge in [0, 0.05) is 29.1 Å². The standard InChI is InChI=1S/C23H23N5OS/c1-3-16-6-4-5-7-18(16)24-22(29)27-13-12-19-20(14-27)30-23-25-21(26-28(19)23)17-10-8-15(2)9-11-17/h4-11H,3,12-14H2,1-2H3,(H,24,29). The minimum absolute atomic E-state index is 0.0547. The van der Waals surface area contributed by atoms with E-state index in [9.17, 15) is 4.79 Å². The number of carbonyl (C=O) groups excluding carboxylic acids is 1. The molecule has 1 aliphatic rings. The molecule has 0 fully saturated rings. The zero-order valence-electron chi connectivity index (χ0n) is 17.1. The summed E-state index contributed by atoms with van der Waals surface area (Å²) < 4.78 is 1.96. The maximum atomic E-state index is 12.8. The number of nitrogens with one attached hydrogen (secondary N) is 1. The molecule has 0 radical (unpaired) electrons. The summed E-state index contributed by atoms with van der Waals surface area (Å²) in [5.41, 5.74) is 5.44. The lowest BCUT2D eigenvalue weighted by atomic mass is 10.1. The van der Waals surface area contributed by atoms with Crippen LogP contribution in [0.4, 0.5) is 10.5 Å². The number of aromatic nitrogens is 3. The van der Waals surface area contributed by atoms with E-state index < -0.39 is 0 Å². The monoisotopic (exact) mass is 417 g/mol. The molecule has 30 heavy (non-hydrogen) atoms. The number of fused-ring (bicyclic) bond motifs is 3. The van der Waals surface area contributed by atoms with E-state index >= 15 is 0 Å². The van der Waals surface area contributed by atoms with Gasteiger partial charge in [0.2, 0.25) is 4.96 Å². The number of nitrogens with zero attached hydrogens (tertiary/aromatic N) is 4. The van der Waals surface area contributed by atoms with Gasteiger partial charge in [-0.15, -0.1) is 5.10 Å². The molecule has 0 unspecified atom stereocenters. The van der Waals surface area contributed by atoms with Crippen molar-refractivity contribution in [1.29, 1.82) is 0 Å². The Morgan fingerprint density at radius 2 is 1.97 bits per heavy atom. The Morgan fingerprint density at radius 3 is 2.77 bits per heavy atom. The fourth-order valence-corrected chi connectivity index (χ4v) is 4.95. The highest BCUT2D eigenvalue weighted by Gasteiger charge is 2.26. The first-order chi connectivity index (χ1) is 14.6. The van der Waals surface area contributed by atoms with Gasteiger partial charge in [0.15, 0.2) is 5.82 Å². The molecular formula is C23H23N5OS. The fraction of sp³-hybridized carbons (Fsp3) is 0.261. The molecule has 3 heterocycles. The number of rotatable bonds is 3. The molecule has 152 valence electrons. The van der Waals surface area contributed by atoms with Crippen LogP contribution in [-0.4, -0.2) is 32.1 Å². The van der Waals surface area contributed by atoms with E-state index in [-0.39, 0.29) is 6.03 Å². The number of aryl methyl sites for hydroxylation is 2. The Hall–Kier alpha value is -3.19. The lowest BCUT2D eigenvalue weighted by molar-refractivity contribution is 0.206. The molecule has 0 atom stereocenters. The highest BCUT2D eigenvalue weighted by atomic mass is 32.1. The van der Waals surface area contributed by atoms with E-state index in [2.05, 4.69) is 49.5 Å². The smallest absolute Gasteiger partial charge is 0.319 e. The van der Waals surface area contributed by atoms with Crippen LogP contribution in [0, 0.1) is 6.92 Å². The SMILES string of the molecule is CCc1ccccc1NC(=O)N1CCc2c(sc3nc(-c4ccc(C)cc4)nn23)C1. The van der Waals surface area contributed by atoms with Crippen LogP contribution in [0.2, 0.25) is 0 Å². The number of carbonyl (C=O) groups is 1. The summed E-state index contributed by atoms with van der Waals surface area (Å²) in [5.74, 6) is 0.750. The molecule has 1 aliphatic heterocycles. The molecule has 2 aromatic carbocycles. The molecule has 5 rings (SSSR count). The first kappa shape index (κ1) is 18.8. The highest BCUT2D eigenvalue weighted by molar-refractivity contribution is 7.17. The lowest BCUT2D eigenvalue weighted by Gasteiger charge is -2.27. The number of hydrogen-bond acceptors (Lipinski definition) is 4. The van der Waals surface area contributed by atoms with Crippen molar-refractivity contribution in [1.82, 2.24) is 19.5 Å². The average Bonchev–Trinajstić information content (AvgIpc) is 3.32. The third kappa shape index (κ3) is 3.35. The van der Waals surface area contributed by atoms with Gasteiger partial charge in [0.25, 0.3) is 0 Å².